The number of aromatic hydroxyl groups is 1. The molecule has 2 N–H and O–H groups in total. The van der Waals surface area contributed by atoms with E-state index in [-0.39, 0.29) is 17.1 Å². The zero-order valence-corrected chi connectivity index (χ0v) is 13.8. The third kappa shape index (κ3) is 3.19. The van der Waals surface area contributed by atoms with Gasteiger partial charge in [0.05, 0.1) is 7.11 Å². The van der Waals surface area contributed by atoms with Gasteiger partial charge in [-0.15, -0.1) is 0 Å². The molecule has 0 spiro atoms. The van der Waals surface area contributed by atoms with E-state index in [1.807, 2.05) is 24.3 Å². The monoisotopic (exact) mass is 339 g/mol. The molecule has 0 amide bonds. The lowest BCUT2D eigenvalue weighted by Crippen LogP contribution is -2.15. The molecule has 25 heavy (non-hydrogen) atoms. The van der Waals surface area contributed by atoms with Crippen molar-refractivity contribution in [2.75, 3.05) is 13.7 Å². The Balaban J connectivity index is 1.75. The fraction of sp³-hybridized carbons (Fsp3) is 0.158. The predicted octanol–water partition coefficient (Wildman–Crippen LogP) is 3.23. The van der Waals surface area contributed by atoms with Crippen molar-refractivity contribution in [1.82, 2.24) is 4.98 Å². The first-order chi connectivity index (χ1) is 12.0. The number of phenolic OH excluding ortho intramolecular Hbond substituents is 1. The molecule has 2 aromatic carbocycles. The van der Waals surface area contributed by atoms with Crippen molar-refractivity contribution in [3.05, 3.63) is 59.3 Å². The van der Waals surface area contributed by atoms with Gasteiger partial charge in [-0.1, -0.05) is 18.2 Å². The van der Waals surface area contributed by atoms with Gasteiger partial charge in [-0.2, -0.15) is 0 Å². The summed E-state index contributed by atoms with van der Waals surface area (Å²) >= 11 is 0. The Hall–Kier alpha value is -3.28. The number of aryl methyl sites for hydroxylation is 1. The topological polar surface area (TPSA) is 88.6 Å². The number of H-pyrrole nitrogens is 1. The lowest BCUT2D eigenvalue weighted by Gasteiger charge is -2.07. The molecule has 0 bridgehead atoms. The summed E-state index contributed by atoms with van der Waals surface area (Å²) in [6.07, 6.45) is 0. The molecule has 0 aliphatic carbocycles. The zero-order chi connectivity index (χ0) is 18.0. The molecule has 0 atom stereocenters. The third-order valence-electron chi connectivity index (χ3n) is 3.93. The Labute approximate surface area is 144 Å². The summed E-state index contributed by atoms with van der Waals surface area (Å²) in [4.78, 5) is 27.7. The van der Waals surface area contributed by atoms with Crippen molar-refractivity contribution in [2.24, 2.45) is 0 Å². The lowest BCUT2D eigenvalue weighted by atomic mass is 10.1. The number of aromatic amines is 1. The van der Waals surface area contributed by atoms with Crippen LogP contribution in [-0.2, 0) is 4.74 Å². The van der Waals surface area contributed by atoms with Crippen LogP contribution in [0.2, 0.25) is 0 Å². The van der Waals surface area contributed by atoms with Crippen molar-refractivity contribution in [1.29, 1.82) is 0 Å². The number of carbonyl (C=O) groups is 2. The molecule has 6 heteroatoms. The smallest absolute Gasteiger partial charge is 0.342 e. The molecular formula is C19H17NO5. The molecular weight excluding hydrogens is 322 g/mol. The van der Waals surface area contributed by atoms with E-state index in [0.29, 0.717) is 11.3 Å². The van der Waals surface area contributed by atoms with Gasteiger partial charge in [0.1, 0.15) is 17.1 Å². The van der Waals surface area contributed by atoms with Crippen LogP contribution in [-0.4, -0.2) is 35.6 Å². The maximum Gasteiger partial charge on any atom is 0.342 e. The van der Waals surface area contributed by atoms with Gasteiger partial charge >= 0.3 is 5.97 Å². The van der Waals surface area contributed by atoms with Crippen molar-refractivity contribution < 1.29 is 24.2 Å². The number of Topliss-reactive ketones (excluding diaryl/α,β-unsaturated/α-hetero) is 1. The molecule has 0 aliphatic rings. The minimum absolute atomic E-state index is 0.0238. The number of phenols is 1. The Morgan fingerprint density at radius 2 is 1.92 bits per heavy atom. The number of aromatic nitrogens is 1. The maximum absolute atomic E-state index is 12.5. The maximum atomic E-state index is 12.5. The lowest BCUT2D eigenvalue weighted by molar-refractivity contribution is 0.0472. The highest BCUT2D eigenvalue weighted by Crippen LogP contribution is 2.25. The summed E-state index contributed by atoms with van der Waals surface area (Å²) in [7, 11) is 1.45. The van der Waals surface area contributed by atoms with Gasteiger partial charge in [-0.3, -0.25) is 4.79 Å². The highest BCUT2D eigenvalue weighted by Gasteiger charge is 2.19. The predicted molar refractivity (Wildman–Crippen MR) is 92.3 cm³/mol. The fourth-order valence-corrected chi connectivity index (χ4v) is 2.73. The second kappa shape index (κ2) is 6.68. The quantitative estimate of drug-likeness (QED) is 0.550. The van der Waals surface area contributed by atoms with Crippen molar-refractivity contribution in [3.8, 4) is 11.5 Å². The summed E-state index contributed by atoms with van der Waals surface area (Å²) in [5.74, 6) is -0.929. The normalized spacial score (nSPS) is 10.6. The summed E-state index contributed by atoms with van der Waals surface area (Å²) in [5, 5.41) is 10.6. The van der Waals surface area contributed by atoms with E-state index in [1.54, 1.807) is 6.92 Å². The van der Waals surface area contributed by atoms with Gasteiger partial charge in [0.2, 0.25) is 5.78 Å². The Morgan fingerprint density at radius 1 is 1.16 bits per heavy atom. The van der Waals surface area contributed by atoms with Gasteiger partial charge < -0.3 is 19.6 Å². The number of hydrogen-bond donors (Lipinski definition) is 2. The molecule has 0 unspecified atom stereocenters. The fourth-order valence-electron chi connectivity index (χ4n) is 2.73. The van der Waals surface area contributed by atoms with E-state index in [9.17, 15) is 14.7 Å². The van der Waals surface area contributed by atoms with E-state index < -0.39 is 12.6 Å². The molecule has 3 rings (SSSR count). The number of para-hydroxylation sites is 1. The number of esters is 1. The number of rotatable bonds is 5. The standard InChI is InChI=1S/C19H17NO5/c1-11-18(13-5-3-4-6-15(13)20-11)17(22)10-25-19(23)14-8-7-12(24-2)9-16(14)21/h3-9,20-21H,10H2,1-2H3. The zero-order valence-electron chi connectivity index (χ0n) is 13.8. The van der Waals surface area contributed by atoms with Crippen molar-refractivity contribution in [2.45, 2.75) is 6.92 Å². The number of fused-ring (bicyclic) bond motifs is 1. The first-order valence-corrected chi connectivity index (χ1v) is 7.66. The van der Waals surface area contributed by atoms with Crippen molar-refractivity contribution >= 4 is 22.7 Å². The number of ketones is 1. The largest absolute Gasteiger partial charge is 0.507 e. The molecule has 6 nitrogen and oxygen atoms in total. The number of benzene rings is 2. The summed E-state index contributed by atoms with van der Waals surface area (Å²) < 4.78 is 10.0. The van der Waals surface area contributed by atoms with Crippen molar-refractivity contribution in [3.63, 3.8) is 0 Å². The van der Waals surface area contributed by atoms with Gasteiger partial charge in [0, 0.05) is 28.2 Å². The molecule has 0 saturated carbocycles. The Morgan fingerprint density at radius 3 is 2.64 bits per heavy atom. The van der Waals surface area contributed by atoms with Crippen LogP contribution < -0.4 is 4.74 Å². The van der Waals surface area contributed by atoms with E-state index in [4.69, 9.17) is 9.47 Å². The van der Waals surface area contributed by atoms with Gasteiger partial charge in [-0.25, -0.2) is 4.79 Å². The molecule has 0 saturated heterocycles. The Kier molecular flexibility index (Phi) is 4.43. The van der Waals surface area contributed by atoms with Crippen LogP contribution in [0.5, 0.6) is 11.5 Å². The van der Waals surface area contributed by atoms with Crippen LogP contribution in [0.4, 0.5) is 0 Å². The van der Waals surface area contributed by atoms with Crippen LogP contribution in [0, 0.1) is 6.92 Å². The van der Waals surface area contributed by atoms with Crippen LogP contribution in [0.25, 0.3) is 10.9 Å². The molecule has 1 heterocycles. The van der Waals surface area contributed by atoms with Gasteiger partial charge in [-0.05, 0) is 25.1 Å². The third-order valence-corrected chi connectivity index (χ3v) is 3.93. The second-order valence-electron chi connectivity index (χ2n) is 5.55. The molecule has 0 fully saturated rings. The summed E-state index contributed by atoms with van der Waals surface area (Å²) in [6, 6.07) is 11.7. The van der Waals surface area contributed by atoms with Crippen LogP contribution >= 0.6 is 0 Å². The summed E-state index contributed by atoms with van der Waals surface area (Å²) in [5.41, 5.74) is 2.05. The Bertz CT molecular complexity index is 958. The first kappa shape index (κ1) is 16.6. The van der Waals surface area contributed by atoms with Gasteiger partial charge in [0.25, 0.3) is 0 Å². The van der Waals surface area contributed by atoms with Crippen LogP contribution in [0.3, 0.4) is 0 Å². The molecule has 1 aromatic heterocycles. The minimum atomic E-state index is -0.772. The molecule has 0 radical (unpaired) electrons. The molecule has 3 aromatic rings. The average Bonchev–Trinajstić information content (AvgIpc) is 2.95. The second-order valence-corrected chi connectivity index (χ2v) is 5.55. The van der Waals surface area contributed by atoms with E-state index in [0.717, 1.165) is 16.6 Å². The minimum Gasteiger partial charge on any atom is -0.507 e. The number of hydrogen-bond acceptors (Lipinski definition) is 5. The van der Waals surface area contributed by atoms with Crippen LogP contribution in [0.1, 0.15) is 26.4 Å². The van der Waals surface area contributed by atoms with Crippen LogP contribution in [0.15, 0.2) is 42.5 Å². The van der Waals surface area contributed by atoms with E-state index in [2.05, 4.69) is 4.98 Å². The van der Waals surface area contributed by atoms with Gasteiger partial charge in [0.15, 0.2) is 6.61 Å². The van der Waals surface area contributed by atoms with E-state index >= 15 is 0 Å². The molecule has 128 valence electrons. The number of nitrogens with one attached hydrogen (secondary N) is 1. The number of ether oxygens (including phenoxy) is 2. The SMILES string of the molecule is COc1ccc(C(=O)OCC(=O)c2c(C)[nH]c3ccccc23)c(O)c1. The van der Waals surface area contributed by atoms with E-state index in [1.165, 1.54) is 25.3 Å². The highest BCUT2D eigenvalue weighted by atomic mass is 16.5. The average molecular weight is 339 g/mol. The number of methoxy groups -OCH3 is 1. The summed E-state index contributed by atoms with van der Waals surface area (Å²) in [6.45, 7) is 1.39. The first-order valence-electron chi connectivity index (χ1n) is 7.66. The number of carbonyl (C=O) groups excluding carboxylic acids is 2. The molecule has 0 aliphatic heterocycles. The highest BCUT2D eigenvalue weighted by molar-refractivity contribution is 6.10.